The highest BCUT2D eigenvalue weighted by Crippen LogP contribution is 2.20. The minimum Gasteiger partial charge on any atom is -0.489 e. The van der Waals surface area contributed by atoms with Gasteiger partial charge in [0.1, 0.15) is 17.4 Å². The normalized spacial score (nSPS) is 10.1. The molecule has 1 aromatic heterocycles. The van der Waals surface area contributed by atoms with Crippen LogP contribution in [0.4, 0.5) is 5.13 Å². The first-order chi connectivity index (χ1) is 8.79. The van der Waals surface area contributed by atoms with Crippen molar-refractivity contribution in [2.45, 2.75) is 13.5 Å². The van der Waals surface area contributed by atoms with Crippen LogP contribution in [-0.2, 0) is 6.54 Å². The van der Waals surface area contributed by atoms with E-state index in [1.165, 1.54) is 0 Å². The SMILES string of the molecule is C=CCOc1ccccc1CNc1nnc(C)s1. The van der Waals surface area contributed by atoms with Gasteiger partial charge in [0.2, 0.25) is 5.13 Å². The molecule has 0 radical (unpaired) electrons. The Morgan fingerprint density at radius 1 is 1.39 bits per heavy atom. The molecule has 18 heavy (non-hydrogen) atoms. The summed E-state index contributed by atoms with van der Waals surface area (Å²) in [6.07, 6.45) is 1.73. The van der Waals surface area contributed by atoms with Crippen molar-refractivity contribution in [3.05, 3.63) is 47.5 Å². The number of hydrogen-bond acceptors (Lipinski definition) is 5. The number of para-hydroxylation sites is 1. The van der Waals surface area contributed by atoms with E-state index in [2.05, 4.69) is 22.1 Å². The molecule has 0 bridgehead atoms. The maximum atomic E-state index is 5.59. The van der Waals surface area contributed by atoms with E-state index in [1.807, 2.05) is 31.2 Å². The van der Waals surface area contributed by atoms with Crippen molar-refractivity contribution in [1.29, 1.82) is 0 Å². The van der Waals surface area contributed by atoms with Gasteiger partial charge in [-0.3, -0.25) is 0 Å². The van der Waals surface area contributed by atoms with E-state index in [4.69, 9.17) is 4.74 Å². The fraction of sp³-hybridized carbons (Fsp3) is 0.231. The molecular formula is C13H15N3OS. The molecule has 2 aromatic rings. The van der Waals surface area contributed by atoms with Crippen LogP contribution in [0.25, 0.3) is 0 Å². The van der Waals surface area contributed by atoms with E-state index in [-0.39, 0.29) is 0 Å². The van der Waals surface area contributed by atoms with Gasteiger partial charge in [-0.2, -0.15) is 0 Å². The van der Waals surface area contributed by atoms with Gasteiger partial charge < -0.3 is 10.1 Å². The Hall–Kier alpha value is -1.88. The summed E-state index contributed by atoms with van der Waals surface area (Å²) >= 11 is 1.54. The van der Waals surface area contributed by atoms with E-state index >= 15 is 0 Å². The highest BCUT2D eigenvalue weighted by atomic mass is 32.1. The van der Waals surface area contributed by atoms with Crippen LogP contribution in [0, 0.1) is 6.92 Å². The van der Waals surface area contributed by atoms with E-state index in [0.29, 0.717) is 13.2 Å². The number of ether oxygens (including phenoxy) is 1. The Kier molecular flexibility index (Phi) is 4.30. The van der Waals surface area contributed by atoms with Crippen LogP contribution in [0.2, 0.25) is 0 Å². The van der Waals surface area contributed by atoms with E-state index in [1.54, 1.807) is 17.4 Å². The average Bonchev–Trinajstić information content (AvgIpc) is 2.81. The van der Waals surface area contributed by atoms with Crippen molar-refractivity contribution in [3.63, 3.8) is 0 Å². The number of aryl methyl sites for hydroxylation is 1. The van der Waals surface area contributed by atoms with Gasteiger partial charge in [0.25, 0.3) is 0 Å². The van der Waals surface area contributed by atoms with Gasteiger partial charge >= 0.3 is 0 Å². The van der Waals surface area contributed by atoms with Crippen molar-refractivity contribution in [1.82, 2.24) is 10.2 Å². The monoisotopic (exact) mass is 261 g/mol. The lowest BCUT2D eigenvalue weighted by Crippen LogP contribution is -2.03. The van der Waals surface area contributed by atoms with Gasteiger partial charge in [-0.25, -0.2) is 0 Å². The molecule has 0 saturated carbocycles. The van der Waals surface area contributed by atoms with Crippen LogP contribution >= 0.6 is 11.3 Å². The van der Waals surface area contributed by atoms with Gasteiger partial charge in [-0.05, 0) is 13.0 Å². The molecule has 2 rings (SSSR count). The van der Waals surface area contributed by atoms with Crippen molar-refractivity contribution in [3.8, 4) is 5.75 Å². The maximum absolute atomic E-state index is 5.59. The summed E-state index contributed by atoms with van der Waals surface area (Å²) in [6, 6.07) is 7.92. The predicted octanol–water partition coefficient (Wildman–Crippen LogP) is 3.02. The molecule has 0 saturated heterocycles. The number of benzene rings is 1. The Labute approximate surface area is 110 Å². The standard InChI is InChI=1S/C13H15N3OS/c1-3-8-17-12-7-5-4-6-11(12)9-14-13-16-15-10(2)18-13/h3-7H,1,8-9H2,2H3,(H,14,16). The molecule has 4 nitrogen and oxygen atoms in total. The number of aromatic nitrogens is 2. The third-order valence-corrected chi connectivity index (χ3v) is 3.08. The van der Waals surface area contributed by atoms with E-state index < -0.39 is 0 Å². The fourth-order valence-corrected chi connectivity index (χ4v) is 2.07. The molecule has 0 aliphatic rings. The van der Waals surface area contributed by atoms with Gasteiger partial charge in [0, 0.05) is 12.1 Å². The quantitative estimate of drug-likeness (QED) is 0.812. The number of nitrogens with one attached hydrogen (secondary N) is 1. The highest BCUT2D eigenvalue weighted by molar-refractivity contribution is 7.15. The van der Waals surface area contributed by atoms with Crippen molar-refractivity contribution >= 4 is 16.5 Å². The topological polar surface area (TPSA) is 47.0 Å². The van der Waals surface area contributed by atoms with Gasteiger partial charge in [0.05, 0.1) is 0 Å². The lowest BCUT2D eigenvalue weighted by Gasteiger charge is -2.10. The van der Waals surface area contributed by atoms with Gasteiger partial charge in [-0.1, -0.05) is 42.2 Å². The molecule has 0 fully saturated rings. The lowest BCUT2D eigenvalue weighted by molar-refractivity contribution is 0.359. The molecule has 0 aliphatic heterocycles. The molecular weight excluding hydrogens is 246 g/mol. The minimum atomic E-state index is 0.509. The molecule has 0 aliphatic carbocycles. The van der Waals surface area contributed by atoms with Gasteiger partial charge in [-0.15, -0.1) is 10.2 Å². The molecule has 0 atom stereocenters. The summed E-state index contributed by atoms with van der Waals surface area (Å²) in [4.78, 5) is 0. The third kappa shape index (κ3) is 3.30. The largest absolute Gasteiger partial charge is 0.489 e. The third-order valence-electron chi connectivity index (χ3n) is 2.29. The van der Waals surface area contributed by atoms with E-state index in [0.717, 1.165) is 21.5 Å². The second kappa shape index (κ2) is 6.16. The first kappa shape index (κ1) is 12.6. The molecule has 0 amide bonds. The zero-order valence-corrected chi connectivity index (χ0v) is 11.0. The lowest BCUT2D eigenvalue weighted by atomic mass is 10.2. The van der Waals surface area contributed by atoms with Crippen molar-refractivity contribution in [2.75, 3.05) is 11.9 Å². The van der Waals surface area contributed by atoms with Crippen LogP contribution in [0.5, 0.6) is 5.75 Å². The molecule has 5 heteroatoms. The molecule has 1 N–H and O–H groups in total. The smallest absolute Gasteiger partial charge is 0.205 e. The van der Waals surface area contributed by atoms with Crippen LogP contribution < -0.4 is 10.1 Å². The van der Waals surface area contributed by atoms with Crippen LogP contribution in [0.1, 0.15) is 10.6 Å². The Bertz CT molecular complexity index is 524. The van der Waals surface area contributed by atoms with Crippen LogP contribution in [-0.4, -0.2) is 16.8 Å². The maximum Gasteiger partial charge on any atom is 0.205 e. The number of anilines is 1. The predicted molar refractivity (Wildman–Crippen MR) is 74.1 cm³/mol. The van der Waals surface area contributed by atoms with Gasteiger partial charge in [0.15, 0.2) is 0 Å². The molecule has 1 heterocycles. The van der Waals surface area contributed by atoms with E-state index in [9.17, 15) is 0 Å². The minimum absolute atomic E-state index is 0.509. The summed E-state index contributed by atoms with van der Waals surface area (Å²) in [5.74, 6) is 0.867. The zero-order chi connectivity index (χ0) is 12.8. The average molecular weight is 261 g/mol. The second-order valence-electron chi connectivity index (χ2n) is 3.69. The first-order valence-corrected chi connectivity index (χ1v) is 6.47. The molecule has 94 valence electrons. The summed E-state index contributed by atoms with van der Waals surface area (Å²) in [5.41, 5.74) is 1.09. The summed E-state index contributed by atoms with van der Waals surface area (Å²) in [6.45, 7) is 6.76. The Morgan fingerprint density at radius 2 is 2.22 bits per heavy atom. The Morgan fingerprint density at radius 3 is 2.94 bits per heavy atom. The van der Waals surface area contributed by atoms with Crippen molar-refractivity contribution in [2.24, 2.45) is 0 Å². The van der Waals surface area contributed by atoms with Crippen LogP contribution in [0.15, 0.2) is 36.9 Å². The number of rotatable bonds is 6. The zero-order valence-electron chi connectivity index (χ0n) is 10.2. The summed E-state index contributed by atoms with van der Waals surface area (Å²) in [5, 5.41) is 13.0. The number of hydrogen-bond donors (Lipinski definition) is 1. The number of nitrogens with zero attached hydrogens (tertiary/aromatic N) is 2. The van der Waals surface area contributed by atoms with Crippen LogP contribution in [0.3, 0.4) is 0 Å². The van der Waals surface area contributed by atoms with Crippen molar-refractivity contribution < 1.29 is 4.74 Å². The fourth-order valence-electron chi connectivity index (χ4n) is 1.48. The summed E-state index contributed by atoms with van der Waals surface area (Å²) in [7, 11) is 0. The highest BCUT2D eigenvalue weighted by Gasteiger charge is 2.04. The molecule has 0 unspecified atom stereocenters. The second-order valence-corrected chi connectivity index (χ2v) is 4.87. The summed E-state index contributed by atoms with van der Waals surface area (Å²) < 4.78 is 5.59. The Balaban J connectivity index is 2.01. The first-order valence-electron chi connectivity index (χ1n) is 5.65. The molecule has 1 aromatic carbocycles. The molecule has 0 spiro atoms.